The molecule has 0 saturated heterocycles. The number of ether oxygens (including phenoxy) is 2. The summed E-state index contributed by atoms with van der Waals surface area (Å²) >= 11 is 4.82. The third-order valence-corrected chi connectivity index (χ3v) is 2.80. The zero-order valence-electron chi connectivity index (χ0n) is 11.5. The molecule has 0 atom stereocenters. The average molecular weight is 298 g/mol. The summed E-state index contributed by atoms with van der Waals surface area (Å²) in [6.07, 6.45) is 3.34. The van der Waals surface area contributed by atoms with Gasteiger partial charge in [-0.25, -0.2) is 9.97 Å². The van der Waals surface area contributed by atoms with Crippen LogP contribution in [-0.2, 0) is 14.3 Å². The topological polar surface area (TPSA) is 90.6 Å². The summed E-state index contributed by atoms with van der Waals surface area (Å²) in [5.74, 6) is 0.353. The Bertz CT molecular complexity index is 453. The normalized spacial score (nSPS) is 10.1. The molecule has 0 aliphatic carbocycles. The lowest BCUT2D eigenvalue weighted by Gasteiger charge is -2.22. The molecule has 0 aromatic carbocycles. The second-order valence-corrected chi connectivity index (χ2v) is 4.37. The van der Waals surface area contributed by atoms with Crippen molar-refractivity contribution in [1.29, 1.82) is 0 Å². The van der Waals surface area contributed by atoms with Crippen LogP contribution >= 0.6 is 12.2 Å². The highest BCUT2D eigenvalue weighted by Gasteiger charge is 2.11. The molecule has 1 heterocycles. The molecule has 1 aromatic rings. The molecule has 0 aliphatic rings. The smallest absolute Gasteiger partial charge is 0.307 e. The van der Waals surface area contributed by atoms with E-state index in [1.807, 2.05) is 4.90 Å². The zero-order valence-corrected chi connectivity index (χ0v) is 12.4. The molecule has 0 saturated carbocycles. The Balaban J connectivity index is 2.75. The minimum Gasteiger partial charge on any atom is -0.469 e. The van der Waals surface area contributed by atoms with Gasteiger partial charge in [-0.1, -0.05) is 12.2 Å². The second-order valence-electron chi connectivity index (χ2n) is 3.93. The molecule has 0 aliphatic heterocycles. The Labute approximate surface area is 123 Å². The summed E-state index contributed by atoms with van der Waals surface area (Å²) in [7, 11) is 2.97. The van der Waals surface area contributed by atoms with Crippen LogP contribution in [0.25, 0.3) is 0 Å². The van der Waals surface area contributed by atoms with Crippen LogP contribution in [-0.4, -0.2) is 54.8 Å². The molecule has 7 nitrogen and oxygen atoms in total. The molecule has 0 fully saturated rings. The molecule has 2 N–H and O–H groups in total. The number of nitrogens with zero attached hydrogens (tertiary/aromatic N) is 3. The lowest BCUT2D eigenvalue weighted by atomic mass is 10.3. The minimum absolute atomic E-state index is 0.196. The van der Waals surface area contributed by atoms with E-state index in [4.69, 9.17) is 22.7 Å². The fraction of sp³-hybridized carbons (Fsp3) is 0.500. The average Bonchev–Trinajstić information content (AvgIpc) is 2.47. The van der Waals surface area contributed by atoms with E-state index < -0.39 is 0 Å². The Morgan fingerprint density at radius 3 is 2.60 bits per heavy atom. The summed E-state index contributed by atoms with van der Waals surface area (Å²) in [6, 6.07) is 0. The molecule has 0 bridgehead atoms. The Hall–Kier alpha value is -1.80. The molecular formula is C12H18N4O3S. The number of methoxy groups -OCH3 is 2. The number of thiocarbonyl (C=S) groups is 1. The fourth-order valence-electron chi connectivity index (χ4n) is 1.48. The lowest BCUT2D eigenvalue weighted by molar-refractivity contribution is -0.140. The molecule has 110 valence electrons. The van der Waals surface area contributed by atoms with Crippen LogP contribution in [0.1, 0.15) is 12.1 Å². The monoisotopic (exact) mass is 298 g/mol. The van der Waals surface area contributed by atoms with E-state index in [0.717, 1.165) is 0 Å². The van der Waals surface area contributed by atoms with Crippen molar-refractivity contribution in [3.63, 3.8) is 0 Å². The standard InChI is InChI=1S/C12H18N4O3S/c1-18-6-5-16(4-3-11(17)19-2)10-8-14-9(7-15-10)12(13)20/h7-8H,3-6H2,1-2H3,(H2,13,20). The maximum atomic E-state index is 11.2. The van der Waals surface area contributed by atoms with Gasteiger partial charge in [-0.2, -0.15) is 0 Å². The van der Waals surface area contributed by atoms with Crippen LogP contribution in [0, 0.1) is 0 Å². The Morgan fingerprint density at radius 2 is 2.10 bits per heavy atom. The first-order valence-electron chi connectivity index (χ1n) is 6.01. The molecule has 0 spiro atoms. The van der Waals surface area contributed by atoms with Gasteiger partial charge in [-0.15, -0.1) is 0 Å². The van der Waals surface area contributed by atoms with Crippen LogP contribution < -0.4 is 10.6 Å². The van der Waals surface area contributed by atoms with E-state index in [9.17, 15) is 4.79 Å². The Morgan fingerprint density at radius 1 is 1.35 bits per heavy atom. The first-order chi connectivity index (χ1) is 9.58. The predicted molar refractivity (Wildman–Crippen MR) is 78.6 cm³/mol. The van der Waals surface area contributed by atoms with Crippen molar-refractivity contribution in [3.05, 3.63) is 18.1 Å². The van der Waals surface area contributed by atoms with Crippen molar-refractivity contribution in [2.24, 2.45) is 5.73 Å². The van der Waals surface area contributed by atoms with Gasteiger partial charge in [0.1, 0.15) is 16.5 Å². The van der Waals surface area contributed by atoms with E-state index in [2.05, 4.69) is 14.7 Å². The van der Waals surface area contributed by atoms with Gasteiger partial charge >= 0.3 is 5.97 Å². The van der Waals surface area contributed by atoms with Crippen LogP contribution in [0.15, 0.2) is 12.4 Å². The first kappa shape index (κ1) is 16.3. The number of hydrogen-bond acceptors (Lipinski definition) is 7. The number of esters is 1. The van der Waals surface area contributed by atoms with E-state index >= 15 is 0 Å². The maximum absolute atomic E-state index is 11.2. The highest BCUT2D eigenvalue weighted by atomic mass is 32.1. The van der Waals surface area contributed by atoms with Crippen LogP contribution in [0.5, 0.6) is 0 Å². The van der Waals surface area contributed by atoms with Gasteiger partial charge in [0, 0.05) is 20.2 Å². The maximum Gasteiger partial charge on any atom is 0.307 e. The van der Waals surface area contributed by atoms with Gasteiger partial charge in [0.15, 0.2) is 0 Å². The number of anilines is 1. The van der Waals surface area contributed by atoms with Gasteiger partial charge in [0.05, 0.1) is 32.5 Å². The highest BCUT2D eigenvalue weighted by molar-refractivity contribution is 7.80. The van der Waals surface area contributed by atoms with Gasteiger partial charge in [0.2, 0.25) is 0 Å². The summed E-state index contributed by atoms with van der Waals surface area (Å²) in [4.78, 5) is 21.7. The van der Waals surface area contributed by atoms with Gasteiger partial charge < -0.3 is 20.1 Å². The number of aromatic nitrogens is 2. The van der Waals surface area contributed by atoms with E-state index in [1.165, 1.54) is 13.3 Å². The van der Waals surface area contributed by atoms with Crippen LogP contribution in [0.2, 0.25) is 0 Å². The first-order valence-corrected chi connectivity index (χ1v) is 6.42. The molecular weight excluding hydrogens is 280 g/mol. The van der Waals surface area contributed by atoms with Gasteiger partial charge in [-0.3, -0.25) is 4.79 Å². The predicted octanol–water partition coefficient (Wildman–Crippen LogP) is 0.127. The van der Waals surface area contributed by atoms with Crippen molar-refractivity contribution < 1.29 is 14.3 Å². The third kappa shape index (κ3) is 5.06. The number of carbonyl (C=O) groups excluding carboxylic acids is 1. The molecule has 1 rings (SSSR count). The fourth-order valence-corrected chi connectivity index (χ4v) is 1.59. The van der Waals surface area contributed by atoms with Crippen molar-refractivity contribution in [1.82, 2.24) is 9.97 Å². The molecule has 0 radical (unpaired) electrons. The van der Waals surface area contributed by atoms with E-state index in [0.29, 0.717) is 31.2 Å². The number of nitrogens with two attached hydrogens (primary N) is 1. The van der Waals surface area contributed by atoms with Crippen LogP contribution in [0.4, 0.5) is 5.82 Å². The van der Waals surface area contributed by atoms with E-state index in [-0.39, 0.29) is 17.4 Å². The summed E-state index contributed by atoms with van der Waals surface area (Å²) in [5, 5.41) is 0. The second kappa shape index (κ2) is 8.39. The summed E-state index contributed by atoms with van der Waals surface area (Å²) < 4.78 is 9.67. The van der Waals surface area contributed by atoms with Crippen LogP contribution in [0.3, 0.4) is 0 Å². The molecule has 0 amide bonds. The van der Waals surface area contributed by atoms with Crippen molar-refractivity contribution in [2.45, 2.75) is 6.42 Å². The Kier molecular flexibility index (Phi) is 6.82. The SMILES string of the molecule is COCCN(CCC(=O)OC)c1cnc(C(N)=S)cn1. The van der Waals surface area contributed by atoms with Crippen molar-refractivity contribution >= 4 is 29.0 Å². The van der Waals surface area contributed by atoms with Crippen molar-refractivity contribution in [2.75, 3.05) is 38.8 Å². The number of rotatable bonds is 8. The minimum atomic E-state index is -0.278. The number of carbonyl (C=O) groups is 1. The quantitative estimate of drug-likeness (QED) is 0.535. The number of hydrogen-bond donors (Lipinski definition) is 1. The molecule has 0 unspecified atom stereocenters. The summed E-state index contributed by atoms with van der Waals surface area (Å²) in [5.41, 5.74) is 5.93. The molecule has 20 heavy (non-hydrogen) atoms. The van der Waals surface area contributed by atoms with Gasteiger partial charge in [0.25, 0.3) is 0 Å². The summed E-state index contributed by atoms with van der Waals surface area (Å²) in [6.45, 7) is 1.58. The van der Waals surface area contributed by atoms with Gasteiger partial charge in [-0.05, 0) is 0 Å². The zero-order chi connectivity index (χ0) is 15.0. The highest BCUT2D eigenvalue weighted by Crippen LogP contribution is 2.10. The largest absolute Gasteiger partial charge is 0.469 e. The lowest BCUT2D eigenvalue weighted by Crippen LogP contribution is -2.31. The molecule has 8 heteroatoms. The van der Waals surface area contributed by atoms with Crippen molar-refractivity contribution in [3.8, 4) is 0 Å². The molecule has 1 aromatic heterocycles. The van der Waals surface area contributed by atoms with E-state index in [1.54, 1.807) is 13.3 Å². The third-order valence-electron chi connectivity index (χ3n) is 2.59.